The smallest absolute Gasteiger partial charge is 0.107 e. The van der Waals surface area contributed by atoms with Crippen LogP contribution >= 0.6 is 39.1 Å². The zero-order valence-corrected chi connectivity index (χ0v) is 12.1. The lowest BCUT2D eigenvalue weighted by Crippen LogP contribution is -2.05. The zero-order chi connectivity index (χ0) is 12.4. The Morgan fingerprint density at radius 3 is 2.76 bits per heavy atom. The van der Waals surface area contributed by atoms with Gasteiger partial charge in [-0.2, -0.15) is 5.10 Å². The largest absolute Gasteiger partial charge is 0.314 e. The summed E-state index contributed by atoms with van der Waals surface area (Å²) in [4.78, 5) is 0. The van der Waals surface area contributed by atoms with E-state index in [2.05, 4.69) is 31.4 Å². The van der Waals surface area contributed by atoms with Crippen molar-refractivity contribution >= 4 is 39.1 Å². The second kappa shape index (κ2) is 5.40. The molecule has 1 aromatic carbocycles. The molecule has 0 radical (unpaired) electrons. The minimum Gasteiger partial charge on any atom is -0.314 e. The zero-order valence-electron chi connectivity index (χ0n) is 9.02. The second-order valence-corrected chi connectivity index (χ2v) is 5.13. The number of nitrogens with one attached hydrogen (secondary N) is 2. The van der Waals surface area contributed by atoms with Crippen LogP contribution in [-0.4, -0.2) is 17.2 Å². The van der Waals surface area contributed by atoms with Crippen LogP contribution in [0.15, 0.2) is 22.7 Å². The molecule has 90 valence electrons. The van der Waals surface area contributed by atoms with Gasteiger partial charge in [0.05, 0.1) is 20.2 Å². The number of hydrogen-bond donors (Lipinski definition) is 2. The van der Waals surface area contributed by atoms with Gasteiger partial charge < -0.3 is 5.32 Å². The highest BCUT2D eigenvalue weighted by molar-refractivity contribution is 9.10. The maximum atomic E-state index is 5.99. The molecular weight excluding hydrogens is 325 g/mol. The van der Waals surface area contributed by atoms with Crippen molar-refractivity contribution in [3.63, 3.8) is 0 Å². The first-order valence-corrected chi connectivity index (χ1v) is 6.51. The Morgan fingerprint density at radius 1 is 1.35 bits per heavy atom. The summed E-state index contributed by atoms with van der Waals surface area (Å²) in [6.45, 7) is 0.717. The van der Waals surface area contributed by atoms with E-state index in [1.165, 1.54) is 0 Å². The molecule has 0 spiro atoms. The lowest BCUT2D eigenvalue weighted by atomic mass is 10.1. The van der Waals surface area contributed by atoms with Gasteiger partial charge in [-0.05, 0) is 35.1 Å². The van der Waals surface area contributed by atoms with Crippen LogP contribution in [-0.2, 0) is 6.54 Å². The predicted octanol–water partition coefficient (Wildman–Crippen LogP) is 3.87. The summed E-state index contributed by atoms with van der Waals surface area (Å²) >= 11 is 15.4. The Morgan fingerprint density at radius 2 is 2.12 bits per heavy atom. The Kier molecular flexibility index (Phi) is 4.09. The van der Waals surface area contributed by atoms with Crippen molar-refractivity contribution in [2.75, 3.05) is 7.05 Å². The van der Waals surface area contributed by atoms with Gasteiger partial charge in [0.2, 0.25) is 0 Å². The molecule has 0 aliphatic heterocycles. The maximum absolute atomic E-state index is 5.99. The van der Waals surface area contributed by atoms with Crippen molar-refractivity contribution in [2.24, 2.45) is 0 Å². The van der Waals surface area contributed by atoms with Gasteiger partial charge in [0.25, 0.3) is 0 Å². The molecule has 0 fully saturated rings. The lowest BCUT2D eigenvalue weighted by Gasteiger charge is -2.01. The molecular formula is C11H10BrCl2N3. The molecule has 2 N–H and O–H groups in total. The summed E-state index contributed by atoms with van der Waals surface area (Å²) in [7, 11) is 1.88. The van der Waals surface area contributed by atoms with Crippen molar-refractivity contribution in [1.29, 1.82) is 0 Å². The molecule has 2 rings (SSSR count). The predicted molar refractivity (Wildman–Crippen MR) is 74.5 cm³/mol. The fourth-order valence-electron chi connectivity index (χ4n) is 1.49. The van der Waals surface area contributed by atoms with Gasteiger partial charge in [0, 0.05) is 12.1 Å². The number of H-pyrrole nitrogens is 1. The van der Waals surface area contributed by atoms with Crippen LogP contribution in [0, 0.1) is 0 Å². The Labute approximate surface area is 118 Å². The highest BCUT2D eigenvalue weighted by Crippen LogP contribution is 2.32. The topological polar surface area (TPSA) is 40.7 Å². The van der Waals surface area contributed by atoms with Crippen molar-refractivity contribution in [3.8, 4) is 11.3 Å². The first-order chi connectivity index (χ1) is 8.13. The van der Waals surface area contributed by atoms with Gasteiger partial charge in [-0.3, -0.25) is 5.10 Å². The van der Waals surface area contributed by atoms with Gasteiger partial charge in [-0.15, -0.1) is 0 Å². The van der Waals surface area contributed by atoms with Crippen LogP contribution in [0.1, 0.15) is 5.69 Å². The van der Waals surface area contributed by atoms with Gasteiger partial charge >= 0.3 is 0 Å². The molecule has 0 atom stereocenters. The summed E-state index contributed by atoms with van der Waals surface area (Å²) in [5, 5.41) is 11.4. The van der Waals surface area contributed by atoms with E-state index >= 15 is 0 Å². The van der Waals surface area contributed by atoms with E-state index in [1.807, 2.05) is 13.1 Å². The van der Waals surface area contributed by atoms with E-state index < -0.39 is 0 Å². The molecule has 0 aliphatic rings. The van der Waals surface area contributed by atoms with Crippen LogP contribution in [0.4, 0.5) is 0 Å². The maximum Gasteiger partial charge on any atom is 0.107 e. The molecule has 0 amide bonds. The monoisotopic (exact) mass is 333 g/mol. The van der Waals surface area contributed by atoms with E-state index in [4.69, 9.17) is 23.2 Å². The first kappa shape index (κ1) is 12.9. The molecule has 17 heavy (non-hydrogen) atoms. The molecule has 0 bridgehead atoms. The summed E-state index contributed by atoms with van der Waals surface area (Å²) < 4.78 is 0.935. The molecule has 3 nitrogen and oxygen atoms in total. The van der Waals surface area contributed by atoms with E-state index in [0.717, 1.165) is 28.0 Å². The Balaban J connectivity index is 2.42. The summed E-state index contributed by atoms with van der Waals surface area (Å²) in [6.07, 6.45) is 0. The molecule has 0 saturated heterocycles. The fraction of sp³-hybridized carbons (Fsp3) is 0.182. The number of nitrogens with zero attached hydrogens (tertiary/aromatic N) is 1. The van der Waals surface area contributed by atoms with Gasteiger partial charge in [0.15, 0.2) is 0 Å². The molecule has 0 saturated carbocycles. The summed E-state index contributed by atoms with van der Waals surface area (Å²) in [6, 6.07) is 5.45. The van der Waals surface area contributed by atoms with Crippen LogP contribution < -0.4 is 5.32 Å². The third kappa shape index (κ3) is 2.65. The van der Waals surface area contributed by atoms with Gasteiger partial charge in [0.1, 0.15) is 5.69 Å². The average Bonchev–Trinajstić information content (AvgIpc) is 2.66. The van der Waals surface area contributed by atoms with Crippen molar-refractivity contribution < 1.29 is 0 Å². The number of hydrogen-bond acceptors (Lipinski definition) is 2. The SMILES string of the molecule is CNCc1[nH]nc(-c2ccc(Cl)c(Cl)c2)c1Br. The third-order valence-corrected chi connectivity index (χ3v) is 3.92. The number of aromatic amines is 1. The lowest BCUT2D eigenvalue weighted by molar-refractivity contribution is 0.781. The number of rotatable bonds is 3. The van der Waals surface area contributed by atoms with E-state index in [-0.39, 0.29) is 0 Å². The minimum absolute atomic E-state index is 0.522. The molecule has 1 aromatic heterocycles. The number of aromatic nitrogens is 2. The molecule has 0 unspecified atom stereocenters. The van der Waals surface area contributed by atoms with E-state index in [1.54, 1.807) is 12.1 Å². The van der Waals surface area contributed by atoms with Crippen LogP contribution in [0.25, 0.3) is 11.3 Å². The van der Waals surface area contributed by atoms with Crippen LogP contribution in [0.3, 0.4) is 0 Å². The van der Waals surface area contributed by atoms with E-state index in [0.29, 0.717) is 10.0 Å². The number of halogens is 3. The molecule has 2 aromatic rings. The van der Waals surface area contributed by atoms with Gasteiger partial charge in [-0.1, -0.05) is 29.3 Å². The summed E-state index contributed by atoms with van der Waals surface area (Å²) in [5.41, 5.74) is 2.74. The first-order valence-electron chi connectivity index (χ1n) is 4.96. The average molecular weight is 335 g/mol. The fourth-order valence-corrected chi connectivity index (χ4v) is 2.34. The van der Waals surface area contributed by atoms with E-state index in [9.17, 15) is 0 Å². The molecule has 6 heteroatoms. The van der Waals surface area contributed by atoms with Crippen LogP contribution in [0.5, 0.6) is 0 Å². The quantitative estimate of drug-likeness (QED) is 0.894. The number of benzene rings is 1. The Bertz CT molecular complexity index is 540. The van der Waals surface area contributed by atoms with Crippen molar-refractivity contribution in [1.82, 2.24) is 15.5 Å². The molecule has 1 heterocycles. The highest BCUT2D eigenvalue weighted by Gasteiger charge is 2.12. The second-order valence-electron chi connectivity index (χ2n) is 3.52. The standard InChI is InChI=1S/C11H10BrCl2N3/c1-15-5-9-10(12)11(17-16-9)6-2-3-7(13)8(14)4-6/h2-4,15H,5H2,1H3,(H,16,17). The van der Waals surface area contributed by atoms with Crippen molar-refractivity contribution in [3.05, 3.63) is 38.4 Å². The molecule has 0 aliphatic carbocycles. The third-order valence-electron chi connectivity index (χ3n) is 2.32. The van der Waals surface area contributed by atoms with Crippen molar-refractivity contribution in [2.45, 2.75) is 6.54 Å². The minimum atomic E-state index is 0.522. The summed E-state index contributed by atoms with van der Waals surface area (Å²) in [5.74, 6) is 0. The Hall–Kier alpha value is -0.550. The highest BCUT2D eigenvalue weighted by atomic mass is 79.9. The van der Waals surface area contributed by atoms with Gasteiger partial charge in [-0.25, -0.2) is 0 Å². The normalized spacial score (nSPS) is 10.8. The van der Waals surface area contributed by atoms with Crippen LogP contribution in [0.2, 0.25) is 10.0 Å².